The molecule has 0 aliphatic heterocycles. The maximum Gasteiger partial charge on any atom is 0.0720 e. The third-order valence-corrected chi connectivity index (χ3v) is 11.6. The molecule has 1 spiro atoms. The van der Waals surface area contributed by atoms with E-state index in [4.69, 9.17) is 0 Å². The van der Waals surface area contributed by atoms with Crippen LogP contribution in [-0.4, -0.2) is 0 Å². The predicted octanol–water partition coefficient (Wildman–Crippen LogP) is 11.9. The molecule has 4 aliphatic rings. The summed E-state index contributed by atoms with van der Waals surface area (Å²) in [5.41, 5.74) is 15.3. The van der Waals surface area contributed by atoms with E-state index in [9.17, 15) is 0 Å². The minimum Gasteiger partial charge on any atom is -0.310 e. The molecule has 0 saturated carbocycles. The summed E-state index contributed by atoms with van der Waals surface area (Å²) in [6.07, 6.45) is 14.9. The molecule has 49 heavy (non-hydrogen) atoms. The molecular weight excluding hydrogens is 591 g/mol. The van der Waals surface area contributed by atoms with Gasteiger partial charge in [-0.3, -0.25) is 0 Å². The lowest BCUT2D eigenvalue weighted by Gasteiger charge is -2.46. The van der Waals surface area contributed by atoms with Crippen molar-refractivity contribution < 1.29 is 0 Å². The Kier molecular flexibility index (Phi) is 6.03. The first-order valence-electron chi connectivity index (χ1n) is 17.5. The molecule has 0 bridgehead atoms. The van der Waals surface area contributed by atoms with Gasteiger partial charge < -0.3 is 4.90 Å². The SMILES string of the molecule is CC1(C)c2ccccc2C2(c3ccccc3-c3ccc(N(C4=CC5=CC=CCC5C=C4)c4ccc5ccccc5c4)cc32)c2ccccc21. The van der Waals surface area contributed by atoms with Gasteiger partial charge in [-0.25, -0.2) is 0 Å². The standard InChI is InChI=1S/C48H37N/c1-47(2)42-19-9-11-21-44(42)48(45-22-12-10-20-43(45)47)41-18-8-7-17-39(41)40-28-27-38(31-46(40)48)49(36-25-23-32-13-3-5-15-34(32)29-36)37-26-24-33-14-4-6-16-35(33)30-37/h3-13,15-31,33H,14H2,1-2H3. The molecular formula is C48H37N. The normalized spacial score (nSPS) is 18.5. The van der Waals surface area contributed by atoms with Gasteiger partial charge in [0.15, 0.2) is 0 Å². The van der Waals surface area contributed by atoms with Crippen LogP contribution in [0.1, 0.15) is 53.6 Å². The summed E-state index contributed by atoms with van der Waals surface area (Å²) in [6, 6.07) is 50.3. The molecule has 0 fully saturated rings. The monoisotopic (exact) mass is 627 g/mol. The zero-order valence-electron chi connectivity index (χ0n) is 27.9. The van der Waals surface area contributed by atoms with Crippen LogP contribution < -0.4 is 4.90 Å². The third kappa shape index (κ3) is 3.93. The minimum absolute atomic E-state index is 0.124. The summed E-state index contributed by atoms with van der Waals surface area (Å²) in [6.45, 7) is 4.78. The second-order valence-corrected chi connectivity index (χ2v) is 14.5. The summed E-state index contributed by atoms with van der Waals surface area (Å²) in [5.74, 6) is 0.434. The van der Waals surface area contributed by atoms with Crippen LogP contribution in [0.2, 0.25) is 0 Å². The summed E-state index contributed by atoms with van der Waals surface area (Å²) in [7, 11) is 0. The molecule has 1 nitrogen and oxygen atoms in total. The van der Waals surface area contributed by atoms with Crippen LogP contribution in [0.25, 0.3) is 21.9 Å². The Morgan fingerprint density at radius 3 is 1.96 bits per heavy atom. The van der Waals surface area contributed by atoms with E-state index in [0.29, 0.717) is 5.92 Å². The van der Waals surface area contributed by atoms with E-state index >= 15 is 0 Å². The number of benzene rings is 6. The Hall–Kier alpha value is -5.66. The summed E-state index contributed by atoms with van der Waals surface area (Å²) < 4.78 is 0. The lowest BCUT2D eigenvalue weighted by molar-refractivity contribution is 0.563. The van der Waals surface area contributed by atoms with E-state index in [-0.39, 0.29) is 5.41 Å². The molecule has 0 heterocycles. The van der Waals surface area contributed by atoms with Gasteiger partial charge >= 0.3 is 0 Å². The summed E-state index contributed by atoms with van der Waals surface area (Å²) in [5, 5.41) is 2.49. The molecule has 0 amide bonds. The van der Waals surface area contributed by atoms with Gasteiger partial charge in [0.25, 0.3) is 0 Å². The van der Waals surface area contributed by atoms with Crippen molar-refractivity contribution in [3.8, 4) is 11.1 Å². The first kappa shape index (κ1) is 28.4. The van der Waals surface area contributed by atoms with Crippen molar-refractivity contribution in [1.82, 2.24) is 0 Å². The zero-order chi connectivity index (χ0) is 32.7. The van der Waals surface area contributed by atoms with E-state index in [2.05, 4.69) is 189 Å². The van der Waals surface area contributed by atoms with Gasteiger partial charge in [-0.1, -0.05) is 147 Å². The smallest absolute Gasteiger partial charge is 0.0720 e. The van der Waals surface area contributed by atoms with Gasteiger partial charge in [-0.15, -0.1) is 0 Å². The second-order valence-electron chi connectivity index (χ2n) is 14.5. The van der Waals surface area contributed by atoms with Crippen molar-refractivity contribution in [2.75, 3.05) is 4.90 Å². The van der Waals surface area contributed by atoms with Crippen LogP contribution in [0.5, 0.6) is 0 Å². The van der Waals surface area contributed by atoms with Crippen molar-refractivity contribution >= 4 is 22.1 Å². The predicted molar refractivity (Wildman–Crippen MR) is 205 cm³/mol. The Bertz CT molecular complexity index is 2420. The quantitative estimate of drug-likeness (QED) is 0.188. The van der Waals surface area contributed by atoms with Gasteiger partial charge in [-0.2, -0.15) is 0 Å². The molecule has 10 rings (SSSR count). The summed E-state index contributed by atoms with van der Waals surface area (Å²) in [4.78, 5) is 2.47. The molecule has 6 aromatic carbocycles. The zero-order valence-corrected chi connectivity index (χ0v) is 27.9. The third-order valence-electron chi connectivity index (χ3n) is 11.6. The first-order chi connectivity index (χ1) is 24.0. The van der Waals surface area contributed by atoms with Gasteiger partial charge in [0.05, 0.1) is 5.41 Å². The number of nitrogens with zero attached hydrogens (tertiary/aromatic N) is 1. The highest BCUT2D eigenvalue weighted by Gasteiger charge is 2.53. The largest absolute Gasteiger partial charge is 0.310 e. The number of rotatable bonds is 3. The van der Waals surface area contributed by atoms with Crippen LogP contribution in [0.4, 0.5) is 11.4 Å². The lowest BCUT2D eigenvalue weighted by Crippen LogP contribution is -2.40. The average molecular weight is 628 g/mol. The van der Waals surface area contributed by atoms with Crippen molar-refractivity contribution in [2.45, 2.75) is 31.1 Å². The van der Waals surface area contributed by atoms with E-state index in [1.807, 2.05) is 0 Å². The van der Waals surface area contributed by atoms with Crippen LogP contribution in [0.3, 0.4) is 0 Å². The van der Waals surface area contributed by atoms with Gasteiger partial charge in [-0.05, 0) is 104 Å². The lowest BCUT2D eigenvalue weighted by atomic mass is 9.55. The van der Waals surface area contributed by atoms with Crippen LogP contribution in [-0.2, 0) is 10.8 Å². The van der Waals surface area contributed by atoms with E-state index in [1.165, 1.54) is 72.2 Å². The molecule has 1 heteroatoms. The Morgan fingerprint density at radius 2 is 1.18 bits per heavy atom. The fraction of sp³-hybridized carbons (Fsp3) is 0.125. The maximum atomic E-state index is 2.51. The molecule has 1 atom stereocenters. The van der Waals surface area contributed by atoms with E-state index in [0.717, 1.165) is 12.1 Å². The van der Waals surface area contributed by atoms with Crippen molar-refractivity contribution in [3.05, 3.63) is 215 Å². The highest BCUT2D eigenvalue weighted by molar-refractivity contribution is 5.92. The molecule has 1 unspecified atom stereocenters. The minimum atomic E-state index is -0.432. The summed E-state index contributed by atoms with van der Waals surface area (Å²) >= 11 is 0. The molecule has 0 radical (unpaired) electrons. The fourth-order valence-electron chi connectivity index (χ4n) is 9.33. The number of allylic oxidation sites excluding steroid dienone is 7. The maximum absolute atomic E-state index is 2.51. The Labute approximate surface area is 288 Å². The van der Waals surface area contributed by atoms with Crippen molar-refractivity contribution in [3.63, 3.8) is 0 Å². The topological polar surface area (TPSA) is 3.24 Å². The van der Waals surface area contributed by atoms with Crippen LogP contribution in [0.15, 0.2) is 181 Å². The van der Waals surface area contributed by atoms with Gasteiger partial charge in [0.1, 0.15) is 0 Å². The van der Waals surface area contributed by atoms with Crippen molar-refractivity contribution in [2.24, 2.45) is 5.92 Å². The van der Waals surface area contributed by atoms with Crippen molar-refractivity contribution in [1.29, 1.82) is 0 Å². The van der Waals surface area contributed by atoms with Gasteiger partial charge in [0.2, 0.25) is 0 Å². The Balaban J connectivity index is 1.27. The van der Waals surface area contributed by atoms with Crippen LogP contribution >= 0.6 is 0 Å². The molecule has 6 aromatic rings. The first-order valence-corrected chi connectivity index (χ1v) is 17.5. The Morgan fingerprint density at radius 1 is 0.571 bits per heavy atom. The second kappa shape index (κ2) is 10.4. The number of anilines is 2. The average Bonchev–Trinajstić information content (AvgIpc) is 3.44. The number of hydrogen-bond donors (Lipinski definition) is 0. The fourth-order valence-corrected chi connectivity index (χ4v) is 9.33. The van der Waals surface area contributed by atoms with Crippen LogP contribution in [0, 0.1) is 5.92 Å². The van der Waals surface area contributed by atoms with E-state index in [1.54, 1.807) is 0 Å². The number of fused-ring (bicyclic) bond motifs is 11. The number of hydrogen-bond acceptors (Lipinski definition) is 1. The highest BCUT2D eigenvalue weighted by Crippen LogP contribution is 2.62. The molecule has 0 N–H and O–H groups in total. The highest BCUT2D eigenvalue weighted by atomic mass is 15.1. The van der Waals surface area contributed by atoms with Gasteiger partial charge in [0, 0.05) is 28.4 Å². The van der Waals surface area contributed by atoms with E-state index < -0.39 is 5.41 Å². The molecule has 234 valence electrons. The molecule has 0 saturated heterocycles. The molecule has 4 aliphatic carbocycles. The molecule has 0 aromatic heterocycles.